The van der Waals surface area contributed by atoms with Gasteiger partial charge in [-0.1, -0.05) is 231 Å². The van der Waals surface area contributed by atoms with Gasteiger partial charge in [-0.15, -0.1) is 0 Å². The third-order valence-electron chi connectivity index (χ3n) is 14.7. The number of benzene rings is 12. The maximum atomic E-state index is 7.34. The van der Waals surface area contributed by atoms with Gasteiger partial charge in [0.25, 0.3) is 0 Å². The fraction of sp³-hybridized carbons (Fsp3) is 0. The summed E-state index contributed by atoms with van der Waals surface area (Å²) >= 11 is 0. The minimum atomic E-state index is 0.848. The normalized spacial score (nSPS) is 11.5. The molecular weight excluding hydrogens is 897 g/mol. The fourth-order valence-electron chi connectivity index (χ4n) is 11.1. The van der Waals surface area contributed by atoms with Gasteiger partial charge in [0.15, 0.2) is 0 Å². The summed E-state index contributed by atoms with van der Waals surface area (Å²) in [6.45, 7) is 0. The van der Waals surface area contributed by atoms with Gasteiger partial charge in [-0.3, -0.25) is 0 Å². The summed E-state index contributed by atoms with van der Waals surface area (Å²) in [5.74, 6) is 0. The molecular formula is C72H46O2. The first-order valence-corrected chi connectivity index (χ1v) is 25.3. The zero-order chi connectivity index (χ0) is 49.0. The molecule has 346 valence electrons. The van der Waals surface area contributed by atoms with Gasteiger partial charge in [0.05, 0.1) is 0 Å². The molecule has 14 rings (SSSR count). The number of hydrogen-bond acceptors (Lipinski definition) is 2. The first-order chi connectivity index (χ1) is 36.7. The molecule has 2 aromatic heterocycles. The van der Waals surface area contributed by atoms with Crippen molar-refractivity contribution in [2.24, 2.45) is 0 Å². The number of fused-ring (bicyclic) bond motifs is 6. The van der Waals surface area contributed by atoms with Crippen LogP contribution in [0.2, 0.25) is 0 Å². The topological polar surface area (TPSA) is 26.3 Å². The van der Waals surface area contributed by atoms with Crippen molar-refractivity contribution in [2.45, 2.75) is 0 Å². The number of furan rings is 2. The zero-order valence-electron chi connectivity index (χ0n) is 40.4. The first-order valence-electron chi connectivity index (χ1n) is 25.3. The van der Waals surface area contributed by atoms with Crippen LogP contribution in [0.4, 0.5) is 0 Å². The first kappa shape index (κ1) is 43.1. The Kier molecular flexibility index (Phi) is 10.6. The lowest BCUT2D eigenvalue weighted by Gasteiger charge is -2.17. The van der Waals surface area contributed by atoms with Gasteiger partial charge < -0.3 is 8.83 Å². The van der Waals surface area contributed by atoms with E-state index in [4.69, 9.17) is 8.83 Å². The van der Waals surface area contributed by atoms with E-state index in [1.54, 1.807) is 0 Å². The molecule has 0 fully saturated rings. The van der Waals surface area contributed by atoms with E-state index in [1.165, 1.54) is 0 Å². The Labute approximate surface area is 429 Å². The molecule has 2 heterocycles. The van der Waals surface area contributed by atoms with Gasteiger partial charge in [-0.05, 0) is 126 Å². The molecule has 0 radical (unpaired) electrons. The quantitative estimate of drug-likeness (QED) is 0.144. The molecule has 0 aliphatic heterocycles. The van der Waals surface area contributed by atoms with Gasteiger partial charge in [0.1, 0.15) is 22.3 Å². The second-order valence-electron chi connectivity index (χ2n) is 19.1. The van der Waals surface area contributed by atoms with Crippen LogP contribution in [0.15, 0.2) is 288 Å². The molecule has 0 aliphatic rings. The summed E-state index contributed by atoms with van der Waals surface area (Å²) in [6.07, 6.45) is 0. The van der Waals surface area contributed by atoms with Crippen molar-refractivity contribution in [1.82, 2.24) is 0 Å². The lowest BCUT2D eigenvalue weighted by atomic mass is 9.86. The second-order valence-corrected chi connectivity index (χ2v) is 19.1. The Morgan fingerprint density at radius 2 is 0.351 bits per heavy atom. The molecule has 0 saturated carbocycles. The molecule has 12 aromatic carbocycles. The van der Waals surface area contributed by atoms with Gasteiger partial charge in [0.2, 0.25) is 0 Å². The van der Waals surface area contributed by atoms with Crippen molar-refractivity contribution in [3.63, 3.8) is 0 Å². The molecule has 0 aliphatic carbocycles. The highest BCUT2D eigenvalue weighted by atomic mass is 16.3. The van der Waals surface area contributed by atoms with E-state index in [1.807, 2.05) is 0 Å². The molecule has 0 unspecified atom stereocenters. The van der Waals surface area contributed by atoms with Crippen molar-refractivity contribution in [1.29, 1.82) is 0 Å². The van der Waals surface area contributed by atoms with Crippen molar-refractivity contribution in [2.75, 3.05) is 0 Å². The third kappa shape index (κ3) is 7.52. The summed E-state index contributed by atoms with van der Waals surface area (Å²) in [5.41, 5.74) is 23.3. The fourth-order valence-corrected chi connectivity index (χ4v) is 11.1. The maximum Gasteiger partial charge on any atom is 0.143 e. The summed E-state index contributed by atoms with van der Waals surface area (Å²) in [7, 11) is 0. The molecule has 2 nitrogen and oxygen atoms in total. The monoisotopic (exact) mass is 942 g/mol. The van der Waals surface area contributed by atoms with Crippen LogP contribution in [0.5, 0.6) is 0 Å². The predicted molar refractivity (Wildman–Crippen MR) is 310 cm³/mol. The second kappa shape index (κ2) is 18.1. The average molecular weight is 943 g/mol. The van der Waals surface area contributed by atoms with Crippen LogP contribution in [0.1, 0.15) is 0 Å². The van der Waals surface area contributed by atoms with Crippen LogP contribution in [0.3, 0.4) is 0 Å². The van der Waals surface area contributed by atoms with Gasteiger partial charge in [-0.25, -0.2) is 0 Å². The molecule has 0 bridgehead atoms. The molecule has 0 atom stereocenters. The van der Waals surface area contributed by atoms with Gasteiger partial charge >= 0.3 is 0 Å². The summed E-state index contributed by atoms with van der Waals surface area (Å²) in [5, 5.41) is 4.29. The van der Waals surface area contributed by atoms with E-state index < -0.39 is 0 Å². The smallest absolute Gasteiger partial charge is 0.143 e. The molecule has 14 aromatic rings. The third-order valence-corrected chi connectivity index (χ3v) is 14.7. The molecule has 0 saturated heterocycles. The van der Waals surface area contributed by atoms with Crippen LogP contribution in [-0.4, -0.2) is 0 Å². The number of rotatable bonds is 9. The molecule has 0 N–H and O–H groups in total. The van der Waals surface area contributed by atoms with E-state index in [0.717, 1.165) is 144 Å². The minimum Gasteiger partial charge on any atom is -0.455 e. The maximum absolute atomic E-state index is 7.34. The molecule has 0 amide bonds. The van der Waals surface area contributed by atoms with Gasteiger partial charge in [0, 0.05) is 43.8 Å². The number of hydrogen-bond donors (Lipinski definition) is 0. The van der Waals surface area contributed by atoms with E-state index >= 15 is 0 Å². The Morgan fingerprint density at radius 1 is 0.149 bits per heavy atom. The van der Waals surface area contributed by atoms with Crippen LogP contribution < -0.4 is 0 Å². The summed E-state index contributed by atoms with van der Waals surface area (Å²) < 4.78 is 14.7. The van der Waals surface area contributed by atoms with E-state index in [9.17, 15) is 0 Å². The highest BCUT2D eigenvalue weighted by Gasteiger charge is 2.25. The SMILES string of the molecule is c1ccc(-c2cc(-c3ccccc3)c3oc4c(-c5ccccc5-c5ccccc5-c5cc(-c6ccccc6)cc6c5oc5c(-c7ccccc7)cc(-c7ccccc7)cc56)cc(-c5ccccc5)cc4c3c2)cc1. The van der Waals surface area contributed by atoms with E-state index in [0.29, 0.717) is 0 Å². The largest absolute Gasteiger partial charge is 0.455 e. The average Bonchev–Trinajstić information content (AvgIpc) is 4.07. The van der Waals surface area contributed by atoms with Crippen molar-refractivity contribution in [3.8, 4) is 100 Å². The van der Waals surface area contributed by atoms with E-state index in [2.05, 4.69) is 279 Å². The summed E-state index contributed by atoms with van der Waals surface area (Å²) in [4.78, 5) is 0. The predicted octanol–water partition coefficient (Wildman–Crippen LogP) is 20.5. The van der Waals surface area contributed by atoms with Crippen LogP contribution in [-0.2, 0) is 0 Å². The highest BCUT2D eigenvalue weighted by molar-refractivity contribution is 6.18. The van der Waals surface area contributed by atoms with Crippen LogP contribution >= 0.6 is 0 Å². The van der Waals surface area contributed by atoms with Crippen molar-refractivity contribution >= 4 is 43.9 Å². The van der Waals surface area contributed by atoms with Crippen LogP contribution in [0, 0.1) is 0 Å². The minimum absolute atomic E-state index is 0.848. The van der Waals surface area contributed by atoms with Gasteiger partial charge in [-0.2, -0.15) is 0 Å². The Balaban J connectivity index is 1.04. The Morgan fingerprint density at radius 3 is 0.622 bits per heavy atom. The molecule has 2 heteroatoms. The molecule has 74 heavy (non-hydrogen) atoms. The lowest BCUT2D eigenvalue weighted by molar-refractivity contribution is 0.670. The van der Waals surface area contributed by atoms with Crippen molar-refractivity contribution in [3.05, 3.63) is 279 Å². The highest BCUT2D eigenvalue weighted by Crippen LogP contribution is 2.50. The van der Waals surface area contributed by atoms with Crippen molar-refractivity contribution < 1.29 is 8.83 Å². The Bertz CT molecular complexity index is 4080. The standard InChI is InChI=1S/C72H46O2/c1-7-23-47(24-8-1)53-39-61(51-31-15-5-16-32-51)69-65(43-53)67-45-55(49-27-11-3-12-28-49)41-63(71(67)73-69)59-37-21-19-35-57(59)58-36-20-22-38-60(58)64-42-56(50-29-13-4-14-30-50)46-68-66-44-54(48-25-9-2-10-26-48)40-62(70(66)74-72(64)68)52-33-17-6-18-34-52/h1-46H. The molecule has 0 spiro atoms. The van der Waals surface area contributed by atoms with Crippen LogP contribution in [0.25, 0.3) is 144 Å². The summed E-state index contributed by atoms with van der Waals surface area (Å²) in [6, 6.07) is 100. The zero-order valence-corrected chi connectivity index (χ0v) is 40.4. The Hall–Kier alpha value is -9.76. The van der Waals surface area contributed by atoms with E-state index in [-0.39, 0.29) is 0 Å². The lowest BCUT2D eigenvalue weighted by Crippen LogP contribution is -1.91.